The largest absolute Gasteiger partial charge is 0.480 e. The van der Waals surface area contributed by atoms with Gasteiger partial charge in [0.1, 0.15) is 6.04 Å². The van der Waals surface area contributed by atoms with Crippen LogP contribution in [0, 0.1) is 0 Å². The monoisotopic (exact) mass is 262 g/mol. The molecule has 0 fully saturated rings. The zero-order chi connectivity index (χ0) is 12.3. The third kappa shape index (κ3) is 2.95. The Balaban J connectivity index is 3.03. The van der Waals surface area contributed by atoms with E-state index in [4.69, 9.17) is 16.7 Å². The standard InChI is InChI=1S/C10H15ClN2O2S/c1-12-8(10(14)15)9(13(2)3)6-4-5-7(11)16-6/h4-5,8-9,12H,1-3H3,(H,14,15). The van der Waals surface area contributed by atoms with Crippen molar-refractivity contribution in [2.45, 2.75) is 12.1 Å². The minimum atomic E-state index is -0.870. The van der Waals surface area contributed by atoms with Crippen LogP contribution in [0.25, 0.3) is 0 Å². The lowest BCUT2D eigenvalue weighted by atomic mass is 10.1. The van der Waals surface area contributed by atoms with Crippen molar-refractivity contribution in [1.29, 1.82) is 0 Å². The van der Waals surface area contributed by atoms with Gasteiger partial charge in [-0.3, -0.25) is 9.69 Å². The first kappa shape index (κ1) is 13.4. The number of thiophene rings is 1. The van der Waals surface area contributed by atoms with Crippen LogP contribution in [0.4, 0.5) is 0 Å². The average molecular weight is 263 g/mol. The zero-order valence-electron chi connectivity index (χ0n) is 9.40. The second kappa shape index (κ2) is 5.63. The topological polar surface area (TPSA) is 52.6 Å². The number of rotatable bonds is 5. The van der Waals surface area contributed by atoms with Gasteiger partial charge in [-0.1, -0.05) is 11.6 Å². The molecule has 1 rings (SSSR count). The van der Waals surface area contributed by atoms with Gasteiger partial charge < -0.3 is 10.4 Å². The van der Waals surface area contributed by atoms with Crippen LogP contribution in [0.15, 0.2) is 12.1 Å². The Bertz CT molecular complexity index is 367. The maximum Gasteiger partial charge on any atom is 0.322 e. The molecule has 90 valence electrons. The van der Waals surface area contributed by atoms with Crippen molar-refractivity contribution in [3.8, 4) is 0 Å². The van der Waals surface area contributed by atoms with Crippen LogP contribution in [0.2, 0.25) is 4.34 Å². The maximum absolute atomic E-state index is 11.1. The van der Waals surface area contributed by atoms with Crippen LogP contribution >= 0.6 is 22.9 Å². The third-order valence-electron chi connectivity index (χ3n) is 2.33. The highest BCUT2D eigenvalue weighted by Gasteiger charge is 2.30. The van der Waals surface area contributed by atoms with Gasteiger partial charge in [-0.2, -0.15) is 0 Å². The Labute approximate surface area is 104 Å². The van der Waals surface area contributed by atoms with Crippen molar-refractivity contribution < 1.29 is 9.90 Å². The third-order valence-corrected chi connectivity index (χ3v) is 3.64. The fraction of sp³-hybridized carbons (Fsp3) is 0.500. The van der Waals surface area contributed by atoms with Gasteiger partial charge in [0.05, 0.1) is 10.4 Å². The summed E-state index contributed by atoms with van der Waals surface area (Å²) in [4.78, 5) is 14.0. The SMILES string of the molecule is CNC(C(=O)O)C(c1ccc(Cl)s1)N(C)C. The van der Waals surface area contributed by atoms with Gasteiger partial charge in [0.25, 0.3) is 0 Å². The predicted octanol–water partition coefficient (Wildman–Crippen LogP) is 1.68. The number of halogens is 1. The fourth-order valence-corrected chi connectivity index (χ4v) is 2.92. The minimum Gasteiger partial charge on any atom is -0.480 e. The van der Waals surface area contributed by atoms with Gasteiger partial charge in [0.2, 0.25) is 0 Å². The first-order chi connectivity index (χ1) is 7.47. The van der Waals surface area contributed by atoms with E-state index >= 15 is 0 Å². The number of hydrogen-bond donors (Lipinski definition) is 2. The van der Waals surface area contributed by atoms with E-state index in [1.54, 1.807) is 13.1 Å². The first-order valence-electron chi connectivity index (χ1n) is 4.79. The molecular formula is C10H15ClN2O2S. The van der Waals surface area contributed by atoms with Crippen LogP contribution in [0.5, 0.6) is 0 Å². The molecule has 1 heterocycles. The maximum atomic E-state index is 11.1. The highest BCUT2D eigenvalue weighted by molar-refractivity contribution is 7.16. The lowest BCUT2D eigenvalue weighted by Gasteiger charge is -2.28. The molecule has 2 unspecified atom stereocenters. The lowest BCUT2D eigenvalue weighted by Crippen LogP contribution is -2.44. The molecule has 0 bridgehead atoms. The molecule has 0 saturated carbocycles. The summed E-state index contributed by atoms with van der Waals surface area (Å²) in [6.07, 6.45) is 0. The summed E-state index contributed by atoms with van der Waals surface area (Å²) >= 11 is 7.27. The van der Waals surface area contributed by atoms with E-state index in [9.17, 15) is 4.79 Å². The number of nitrogens with one attached hydrogen (secondary N) is 1. The van der Waals surface area contributed by atoms with E-state index < -0.39 is 12.0 Å². The summed E-state index contributed by atoms with van der Waals surface area (Å²) in [6.45, 7) is 0. The van der Waals surface area contributed by atoms with E-state index in [0.717, 1.165) is 4.88 Å². The summed E-state index contributed by atoms with van der Waals surface area (Å²) in [7, 11) is 5.35. The van der Waals surface area contributed by atoms with E-state index in [2.05, 4.69) is 5.32 Å². The number of hydrogen-bond acceptors (Lipinski definition) is 4. The lowest BCUT2D eigenvalue weighted by molar-refractivity contribution is -0.141. The molecule has 2 atom stereocenters. The summed E-state index contributed by atoms with van der Waals surface area (Å²) in [5.74, 6) is -0.870. The number of carbonyl (C=O) groups is 1. The normalized spacial score (nSPS) is 15.1. The van der Waals surface area contributed by atoms with Crippen LogP contribution in [0.1, 0.15) is 10.9 Å². The van der Waals surface area contributed by atoms with Gasteiger partial charge in [0.15, 0.2) is 0 Å². The molecule has 2 N–H and O–H groups in total. The number of aliphatic carboxylic acids is 1. The molecule has 0 aliphatic rings. The Morgan fingerprint density at radius 1 is 1.56 bits per heavy atom. The molecule has 16 heavy (non-hydrogen) atoms. The van der Waals surface area contributed by atoms with Gasteiger partial charge in [-0.15, -0.1) is 11.3 Å². The Morgan fingerprint density at radius 2 is 2.19 bits per heavy atom. The van der Waals surface area contributed by atoms with Gasteiger partial charge >= 0.3 is 5.97 Å². The number of carboxylic acids is 1. The molecule has 0 aliphatic heterocycles. The molecule has 4 nitrogen and oxygen atoms in total. The van der Waals surface area contributed by atoms with Crippen LogP contribution < -0.4 is 5.32 Å². The van der Waals surface area contributed by atoms with Crippen molar-refractivity contribution in [2.24, 2.45) is 0 Å². The van der Waals surface area contributed by atoms with Crippen molar-refractivity contribution >= 4 is 28.9 Å². The first-order valence-corrected chi connectivity index (χ1v) is 5.98. The predicted molar refractivity (Wildman–Crippen MR) is 66.2 cm³/mol. The average Bonchev–Trinajstić information content (AvgIpc) is 2.59. The molecule has 6 heteroatoms. The number of likely N-dealkylation sites (N-methyl/N-ethyl adjacent to an activating group) is 2. The summed E-state index contributed by atoms with van der Waals surface area (Å²) in [6, 6.07) is 2.78. The van der Waals surface area contributed by atoms with Crippen LogP contribution in [-0.2, 0) is 4.79 Å². The Hall–Kier alpha value is -0.620. The Kier molecular flexibility index (Phi) is 4.73. The molecule has 0 aliphatic carbocycles. The van der Waals surface area contributed by atoms with Gasteiger partial charge in [-0.25, -0.2) is 0 Å². The molecule has 1 aromatic rings. The zero-order valence-corrected chi connectivity index (χ0v) is 11.0. The second-order valence-electron chi connectivity index (χ2n) is 3.65. The van der Waals surface area contributed by atoms with Crippen molar-refractivity contribution in [3.05, 3.63) is 21.3 Å². The van der Waals surface area contributed by atoms with E-state index in [-0.39, 0.29) is 6.04 Å². The molecule has 0 spiro atoms. The second-order valence-corrected chi connectivity index (χ2v) is 5.40. The molecule has 1 aromatic heterocycles. The van der Waals surface area contributed by atoms with Crippen LogP contribution in [-0.4, -0.2) is 43.2 Å². The van der Waals surface area contributed by atoms with E-state index in [1.165, 1.54) is 11.3 Å². The van der Waals surface area contributed by atoms with Crippen LogP contribution in [0.3, 0.4) is 0 Å². The molecule has 0 saturated heterocycles. The molecular weight excluding hydrogens is 248 g/mol. The summed E-state index contributed by atoms with van der Waals surface area (Å²) in [5, 5.41) is 12.0. The van der Waals surface area contributed by atoms with Gasteiger partial charge in [-0.05, 0) is 33.3 Å². The highest BCUT2D eigenvalue weighted by Crippen LogP contribution is 2.31. The molecule has 0 amide bonds. The van der Waals surface area contributed by atoms with E-state index in [1.807, 2.05) is 25.1 Å². The molecule has 0 radical (unpaired) electrons. The Morgan fingerprint density at radius 3 is 2.50 bits per heavy atom. The van der Waals surface area contributed by atoms with Gasteiger partial charge in [0, 0.05) is 4.88 Å². The smallest absolute Gasteiger partial charge is 0.322 e. The fourth-order valence-electron chi connectivity index (χ4n) is 1.62. The van der Waals surface area contributed by atoms with Crippen molar-refractivity contribution in [3.63, 3.8) is 0 Å². The summed E-state index contributed by atoms with van der Waals surface area (Å²) in [5.41, 5.74) is 0. The highest BCUT2D eigenvalue weighted by atomic mass is 35.5. The summed E-state index contributed by atoms with van der Waals surface area (Å²) < 4.78 is 0.669. The quantitative estimate of drug-likeness (QED) is 0.848. The molecule has 0 aromatic carbocycles. The van der Waals surface area contributed by atoms with E-state index in [0.29, 0.717) is 4.34 Å². The minimum absolute atomic E-state index is 0.222. The van der Waals surface area contributed by atoms with Crippen molar-refractivity contribution in [1.82, 2.24) is 10.2 Å². The number of nitrogens with zero attached hydrogens (tertiary/aromatic N) is 1. The number of carboxylic acid groups (broad SMARTS) is 1. The van der Waals surface area contributed by atoms with Crippen molar-refractivity contribution in [2.75, 3.05) is 21.1 Å².